The molecule has 0 aliphatic carbocycles. The highest BCUT2D eigenvalue weighted by molar-refractivity contribution is 5.80. The quantitative estimate of drug-likeness (QED) is 0.494. The minimum absolute atomic E-state index is 0.733. The van der Waals surface area contributed by atoms with Crippen LogP contribution in [0, 0.1) is 5.92 Å². The summed E-state index contributed by atoms with van der Waals surface area (Å²) in [4.78, 5) is 7.13. The monoisotopic (exact) mass is 304 g/mol. The molecule has 2 rings (SSSR count). The number of nitrogens with one attached hydrogen (secondary N) is 1. The first-order chi connectivity index (χ1) is 10.7. The molecule has 22 heavy (non-hydrogen) atoms. The van der Waals surface area contributed by atoms with E-state index in [0.29, 0.717) is 0 Å². The van der Waals surface area contributed by atoms with Crippen LogP contribution in [-0.4, -0.2) is 51.8 Å². The molecule has 1 saturated heterocycles. The van der Waals surface area contributed by atoms with Crippen molar-refractivity contribution in [3.63, 3.8) is 0 Å². The van der Waals surface area contributed by atoms with E-state index in [-0.39, 0.29) is 0 Å². The lowest BCUT2D eigenvalue weighted by molar-refractivity contribution is 0.273. The topological polar surface area (TPSA) is 58.3 Å². The van der Waals surface area contributed by atoms with E-state index in [0.717, 1.165) is 56.8 Å². The van der Waals surface area contributed by atoms with Crippen molar-refractivity contribution in [3.8, 4) is 0 Å². The second-order valence-corrected chi connectivity index (χ2v) is 5.84. The van der Waals surface area contributed by atoms with Gasteiger partial charge >= 0.3 is 0 Å². The van der Waals surface area contributed by atoms with Gasteiger partial charge in [0.1, 0.15) is 12.2 Å². The third-order valence-electron chi connectivity index (χ3n) is 4.10. The Kier molecular flexibility index (Phi) is 6.43. The number of hydrogen-bond donors (Lipinski definition) is 1. The fourth-order valence-corrected chi connectivity index (χ4v) is 2.65. The van der Waals surface area contributed by atoms with Crippen molar-refractivity contribution < 1.29 is 0 Å². The Morgan fingerprint density at radius 3 is 2.95 bits per heavy atom. The molecule has 6 nitrogen and oxygen atoms in total. The van der Waals surface area contributed by atoms with Crippen molar-refractivity contribution in [2.75, 3.05) is 26.2 Å². The number of nitrogens with zero attached hydrogens (tertiary/aromatic N) is 5. The standard InChI is InChI=1S/C16H28N6/c1-4-8-17-16(21-10-6-14(3)7-11-21)18-9-12-22-13-19-20-15(22)5-2/h4,13-14H,1,5-12H2,2-3H3,(H,17,18). The molecular formula is C16H28N6. The Hall–Kier alpha value is -1.85. The number of piperidine rings is 1. The molecule has 1 aromatic heterocycles. The lowest BCUT2D eigenvalue weighted by Crippen LogP contribution is -2.45. The largest absolute Gasteiger partial charge is 0.353 e. The highest BCUT2D eigenvalue weighted by atomic mass is 15.3. The van der Waals surface area contributed by atoms with Gasteiger partial charge in [0, 0.05) is 32.6 Å². The molecule has 0 bridgehead atoms. The average molecular weight is 304 g/mol. The molecule has 0 radical (unpaired) electrons. The Balaban J connectivity index is 1.94. The summed E-state index contributed by atoms with van der Waals surface area (Å²) in [6.07, 6.45) is 7.03. The molecule has 1 aliphatic heterocycles. The van der Waals surface area contributed by atoms with Crippen LogP contribution in [0.15, 0.2) is 24.0 Å². The van der Waals surface area contributed by atoms with Crippen LogP contribution in [0.5, 0.6) is 0 Å². The molecule has 0 unspecified atom stereocenters. The predicted octanol–water partition coefficient (Wildman–Crippen LogP) is 1.70. The number of aliphatic imine (C=N–C) groups is 1. The molecule has 1 aromatic rings. The Morgan fingerprint density at radius 1 is 1.50 bits per heavy atom. The van der Waals surface area contributed by atoms with Crippen molar-refractivity contribution in [3.05, 3.63) is 24.8 Å². The maximum atomic E-state index is 4.77. The smallest absolute Gasteiger partial charge is 0.194 e. The SMILES string of the molecule is C=CCNC(=NCCn1cnnc1CC)N1CCC(C)CC1. The van der Waals surface area contributed by atoms with E-state index in [1.54, 1.807) is 6.33 Å². The lowest BCUT2D eigenvalue weighted by atomic mass is 10.00. The van der Waals surface area contributed by atoms with Gasteiger partial charge in [-0.3, -0.25) is 4.99 Å². The van der Waals surface area contributed by atoms with Gasteiger partial charge in [0.15, 0.2) is 5.96 Å². The zero-order chi connectivity index (χ0) is 15.8. The zero-order valence-corrected chi connectivity index (χ0v) is 13.8. The molecule has 0 amide bonds. The number of likely N-dealkylation sites (tertiary alicyclic amines) is 1. The average Bonchev–Trinajstić information content (AvgIpc) is 2.99. The first-order valence-electron chi connectivity index (χ1n) is 8.25. The number of rotatable bonds is 6. The van der Waals surface area contributed by atoms with Crippen LogP contribution in [0.1, 0.15) is 32.5 Å². The van der Waals surface area contributed by atoms with Crippen molar-refractivity contribution in [1.29, 1.82) is 0 Å². The third-order valence-corrected chi connectivity index (χ3v) is 4.10. The Labute approximate surface area is 133 Å². The summed E-state index contributed by atoms with van der Waals surface area (Å²) in [5, 5.41) is 11.4. The fraction of sp³-hybridized carbons (Fsp3) is 0.688. The maximum absolute atomic E-state index is 4.77. The van der Waals surface area contributed by atoms with Gasteiger partial charge in [-0.2, -0.15) is 0 Å². The number of aryl methyl sites for hydroxylation is 1. The highest BCUT2D eigenvalue weighted by Gasteiger charge is 2.18. The van der Waals surface area contributed by atoms with Gasteiger partial charge in [0.05, 0.1) is 6.54 Å². The van der Waals surface area contributed by atoms with Gasteiger partial charge in [0.2, 0.25) is 0 Å². The van der Waals surface area contributed by atoms with Crippen molar-refractivity contribution >= 4 is 5.96 Å². The van der Waals surface area contributed by atoms with E-state index in [2.05, 4.69) is 45.4 Å². The molecule has 2 heterocycles. The van der Waals surface area contributed by atoms with Crippen molar-refractivity contribution in [2.45, 2.75) is 39.7 Å². The van der Waals surface area contributed by atoms with E-state index < -0.39 is 0 Å². The maximum Gasteiger partial charge on any atom is 0.194 e. The van der Waals surface area contributed by atoms with Crippen LogP contribution < -0.4 is 5.32 Å². The summed E-state index contributed by atoms with van der Waals surface area (Å²) < 4.78 is 2.08. The fourth-order valence-electron chi connectivity index (χ4n) is 2.65. The van der Waals surface area contributed by atoms with E-state index in [9.17, 15) is 0 Å². The van der Waals surface area contributed by atoms with Gasteiger partial charge in [-0.05, 0) is 18.8 Å². The first-order valence-corrected chi connectivity index (χ1v) is 8.25. The second-order valence-electron chi connectivity index (χ2n) is 5.84. The molecule has 6 heteroatoms. The Bertz CT molecular complexity index is 485. The molecule has 0 spiro atoms. The summed E-state index contributed by atoms with van der Waals surface area (Å²) in [6, 6.07) is 0. The van der Waals surface area contributed by atoms with E-state index in [4.69, 9.17) is 4.99 Å². The highest BCUT2D eigenvalue weighted by Crippen LogP contribution is 2.15. The molecular weight excluding hydrogens is 276 g/mol. The van der Waals surface area contributed by atoms with Crippen LogP contribution in [0.2, 0.25) is 0 Å². The molecule has 1 aliphatic rings. The van der Waals surface area contributed by atoms with Crippen LogP contribution >= 0.6 is 0 Å². The summed E-state index contributed by atoms with van der Waals surface area (Å²) in [5.41, 5.74) is 0. The summed E-state index contributed by atoms with van der Waals surface area (Å²) in [7, 11) is 0. The molecule has 0 atom stereocenters. The van der Waals surface area contributed by atoms with Crippen molar-refractivity contribution in [1.82, 2.24) is 25.0 Å². The lowest BCUT2D eigenvalue weighted by Gasteiger charge is -2.33. The molecule has 1 N–H and O–H groups in total. The van der Waals surface area contributed by atoms with E-state index >= 15 is 0 Å². The van der Waals surface area contributed by atoms with Gasteiger partial charge < -0.3 is 14.8 Å². The van der Waals surface area contributed by atoms with Crippen LogP contribution in [0.25, 0.3) is 0 Å². The van der Waals surface area contributed by atoms with Gasteiger partial charge in [0.25, 0.3) is 0 Å². The van der Waals surface area contributed by atoms with Crippen LogP contribution in [0.3, 0.4) is 0 Å². The summed E-state index contributed by atoms with van der Waals surface area (Å²) >= 11 is 0. The number of aromatic nitrogens is 3. The summed E-state index contributed by atoms with van der Waals surface area (Å²) in [5.74, 6) is 2.83. The van der Waals surface area contributed by atoms with E-state index in [1.807, 2.05) is 6.08 Å². The van der Waals surface area contributed by atoms with Gasteiger partial charge in [-0.25, -0.2) is 0 Å². The van der Waals surface area contributed by atoms with Gasteiger partial charge in [-0.1, -0.05) is 19.9 Å². The first kappa shape index (κ1) is 16.5. The normalized spacial score (nSPS) is 16.8. The minimum Gasteiger partial charge on any atom is -0.353 e. The molecule has 0 saturated carbocycles. The third kappa shape index (κ3) is 4.58. The summed E-state index contributed by atoms with van der Waals surface area (Å²) in [6.45, 7) is 12.7. The van der Waals surface area contributed by atoms with E-state index in [1.165, 1.54) is 12.8 Å². The number of guanidine groups is 1. The zero-order valence-electron chi connectivity index (χ0n) is 13.8. The second kappa shape index (κ2) is 8.56. The van der Waals surface area contributed by atoms with Crippen LogP contribution in [-0.2, 0) is 13.0 Å². The molecule has 0 aromatic carbocycles. The van der Waals surface area contributed by atoms with Gasteiger partial charge in [-0.15, -0.1) is 16.8 Å². The Morgan fingerprint density at radius 2 is 2.27 bits per heavy atom. The van der Waals surface area contributed by atoms with Crippen LogP contribution in [0.4, 0.5) is 0 Å². The van der Waals surface area contributed by atoms with Crippen molar-refractivity contribution in [2.24, 2.45) is 10.9 Å². The minimum atomic E-state index is 0.733. The number of hydrogen-bond acceptors (Lipinski definition) is 3. The predicted molar refractivity (Wildman–Crippen MR) is 89.9 cm³/mol. The molecule has 122 valence electrons. The molecule has 1 fully saturated rings.